The van der Waals surface area contributed by atoms with Crippen molar-refractivity contribution in [1.82, 2.24) is 0 Å². The Kier molecular flexibility index (Phi) is 7.22. The minimum atomic E-state index is -3.92. The molecular formula is C21H23N3O6S2. The van der Waals surface area contributed by atoms with Crippen molar-refractivity contribution in [3.8, 4) is 0 Å². The molecule has 0 bridgehead atoms. The minimum absolute atomic E-state index is 0.00687. The fourth-order valence-corrected chi connectivity index (χ4v) is 4.22. The molecule has 0 spiro atoms. The lowest BCUT2D eigenvalue weighted by Crippen LogP contribution is -2.33. The van der Waals surface area contributed by atoms with Crippen LogP contribution in [0.4, 0.5) is 11.4 Å². The summed E-state index contributed by atoms with van der Waals surface area (Å²) in [4.78, 5) is 39.8. The number of sulfonamides is 1. The first-order valence-electron chi connectivity index (χ1n) is 9.67. The van der Waals surface area contributed by atoms with Crippen LogP contribution >= 0.6 is 11.8 Å². The van der Waals surface area contributed by atoms with Crippen molar-refractivity contribution in [2.24, 2.45) is 11.1 Å². The van der Waals surface area contributed by atoms with Gasteiger partial charge < -0.3 is 15.0 Å². The van der Waals surface area contributed by atoms with E-state index in [1.165, 1.54) is 36.1 Å². The van der Waals surface area contributed by atoms with Gasteiger partial charge in [-0.05, 0) is 49.6 Å². The maximum absolute atomic E-state index is 12.6. The molecule has 0 unspecified atom stereocenters. The van der Waals surface area contributed by atoms with E-state index >= 15 is 0 Å². The van der Waals surface area contributed by atoms with Gasteiger partial charge in [0.05, 0.1) is 10.8 Å². The summed E-state index contributed by atoms with van der Waals surface area (Å²) in [5.74, 6) is -2.18. The number of hydrogen-bond acceptors (Lipinski definition) is 7. The molecule has 2 atom stereocenters. The largest absolute Gasteiger partial charge is 0.452 e. The Hall–Kier alpha value is -2.89. The van der Waals surface area contributed by atoms with Crippen LogP contribution in [0.3, 0.4) is 0 Å². The molecule has 0 saturated carbocycles. The van der Waals surface area contributed by atoms with Gasteiger partial charge in [0.15, 0.2) is 6.10 Å². The van der Waals surface area contributed by atoms with Gasteiger partial charge in [-0.3, -0.25) is 14.4 Å². The van der Waals surface area contributed by atoms with E-state index in [1.54, 1.807) is 17.8 Å². The normalized spacial score (nSPS) is 17.2. The van der Waals surface area contributed by atoms with Gasteiger partial charge in [0.2, 0.25) is 15.9 Å². The number of nitrogens with zero attached hydrogens (tertiary/aromatic N) is 1. The number of carbonyl (C=O) groups is 3. The summed E-state index contributed by atoms with van der Waals surface area (Å²) in [6.07, 6.45) is 0.778. The third kappa shape index (κ3) is 5.67. The van der Waals surface area contributed by atoms with Gasteiger partial charge >= 0.3 is 5.97 Å². The number of nitrogens with one attached hydrogen (secondary N) is 1. The number of benzene rings is 2. The minimum Gasteiger partial charge on any atom is -0.452 e. The van der Waals surface area contributed by atoms with Gasteiger partial charge in [0, 0.05) is 29.2 Å². The molecule has 1 saturated heterocycles. The summed E-state index contributed by atoms with van der Waals surface area (Å²) in [5.41, 5.74) is 0.901. The first kappa shape index (κ1) is 23.8. The van der Waals surface area contributed by atoms with Crippen LogP contribution in [0.2, 0.25) is 0 Å². The predicted molar refractivity (Wildman–Crippen MR) is 121 cm³/mol. The van der Waals surface area contributed by atoms with E-state index in [0.29, 0.717) is 5.69 Å². The Morgan fingerprint density at radius 1 is 1.22 bits per heavy atom. The summed E-state index contributed by atoms with van der Waals surface area (Å²) in [6.45, 7) is 1.56. The van der Waals surface area contributed by atoms with E-state index < -0.39 is 33.9 Å². The second-order valence-electron chi connectivity index (χ2n) is 7.25. The monoisotopic (exact) mass is 477 g/mol. The number of amides is 2. The van der Waals surface area contributed by atoms with Gasteiger partial charge in [-0.1, -0.05) is 12.1 Å². The molecule has 0 radical (unpaired) electrons. The number of anilines is 2. The van der Waals surface area contributed by atoms with Crippen LogP contribution in [0, 0.1) is 5.92 Å². The van der Waals surface area contributed by atoms with Gasteiger partial charge in [-0.15, -0.1) is 11.8 Å². The highest BCUT2D eigenvalue weighted by Gasteiger charge is 2.37. The van der Waals surface area contributed by atoms with E-state index in [0.717, 1.165) is 4.90 Å². The van der Waals surface area contributed by atoms with Crippen molar-refractivity contribution >= 4 is 50.9 Å². The second-order valence-corrected chi connectivity index (χ2v) is 9.69. The highest BCUT2D eigenvalue weighted by molar-refractivity contribution is 7.98. The zero-order chi connectivity index (χ0) is 23.5. The van der Waals surface area contributed by atoms with Gasteiger partial charge in [0.1, 0.15) is 0 Å². The molecule has 1 fully saturated rings. The smallest absolute Gasteiger partial charge is 0.312 e. The quantitative estimate of drug-likeness (QED) is 0.460. The molecule has 11 heteroatoms. The van der Waals surface area contributed by atoms with Crippen LogP contribution in [0.5, 0.6) is 0 Å². The number of thioether (sulfide) groups is 1. The highest BCUT2D eigenvalue weighted by Crippen LogP contribution is 2.29. The number of esters is 1. The van der Waals surface area contributed by atoms with Crippen molar-refractivity contribution < 1.29 is 27.5 Å². The van der Waals surface area contributed by atoms with E-state index in [4.69, 9.17) is 9.88 Å². The standard InChI is InChI=1S/C21H23N3O6S2/c1-13(20(26)23-15-5-3-8-18(10-15)32(22,28)29)30-21(27)14-9-19(25)24(12-14)16-6-4-7-17(11-16)31-2/h3-8,10-11,13-14H,9,12H2,1-2H3,(H,23,26)(H2,22,28,29)/t13-,14+/m1/s1. The molecule has 170 valence electrons. The van der Waals surface area contributed by atoms with Crippen molar-refractivity contribution in [3.05, 3.63) is 48.5 Å². The molecule has 1 heterocycles. The average molecular weight is 478 g/mol. The summed E-state index contributed by atoms with van der Waals surface area (Å²) < 4.78 is 28.2. The van der Waals surface area contributed by atoms with Crippen LogP contribution in [0.15, 0.2) is 58.3 Å². The summed E-state index contributed by atoms with van der Waals surface area (Å²) in [5, 5.41) is 7.58. The number of hydrogen-bond donors (Lipinski definition) is 2. The lowest BCUT2D eigenvalue weighted by atomic mass is 10.1. The maximum Gasteiger partial charge on any atom is 0.312 e. The van der Waals surface area contributed by atoms with Gasteiger partial charge in [-0.2, -0.15) is 0 Å². The lowest BCUT2D eigenvalue weighted by molar-refractivity contribution is -0.157. The van der Waals surface area contributed by atoms with Crippen LogP contribution < -0.4 is 15.4 Å². The first-order valence-corrected chi connectivity index (χ1v) is 12.4. The fourth-order valence-electron chi connectivity index (χ4n) is 3.21. The number of primary sulfonamides is 1. The topological polar surface area (TPSA) is 136 Å². The molecule has 0 aliphatic carbocycles. The molecule has 0 aromatic heterocycles. The van der Waals surface area contributed by atoms with Gasteiger partial charge in [0.25, 0.3) is 5.91 Å². The Labute approximate surface area is 190 Å². The molecular weight excluding hydrogens is 454 g/mol. The van der Waals surface area contributed by atoms with Crippen molar-refractivity contribution in [3.63, 3.8) is 0 Å². The van der Waals surface area contributed by atoms with E-state index in [1.807, 2.05) is 24.5 Å². The summed E-state index contributed by atoms with van der Waals surface area (Å²) in [6, 6.07) is 12.9. The number of rotatable bonds is 7. The molecule has 3 N–H and O–H groups in total. The van der Waals surface area contributed by atoms with Crippen LogP contribution in [0.1, 0.15) is 13.3 Å². The van der Waals surface area contributed by atoms with Crippen molar-refractivity contribution in [2.75, 3.05) is 23.0 Å². The summed E-state index contributed by atoms with van der Waals surface area (Å²) in [7, 11) is -3.92. The van der Waals surface area contributed by atoms with E-state index in [9.17, 15) is 22.8 Å². The van der Waals surface area contributed by atoms with E-state index in [2.05, 4.69) is 5.32 Å². The molecule has 9 nitrogen and oxygen atoms in total. The van der Waals surface area contributed by atoms with E-state index in [-0.39, 0.29) is 29.5 Å². The molecule has 1 aliphatic heterocycles. The SMILES string of the molecule is CSc1cccc(N2C[C@@H](C(=O)O[C@H](C)C(=O)Nc3cccc(S(N)(=O)=O)c3)CC2=O)c1. The molecule has 2 amide bonds. The molecule has 3 rings (SSSR count). The number of carbonyl (C=O) groups excluding carboxylic acids is 3. The first-order chi connectivity index (χ1) is 15.1. The lowest BCUT2D eigenvalue weighted by Gasteiger charge is -2.18. The number of nitrogens with two attached hydrogens (primary N) is 1. The zero-order valence-electron chi connectivity index (χ0n) is 17.5. The number of ether oxygens (including phenoxy) is 1. The Balaban J connectivity index is 1.60. The Morgan fingerprint density at radius 3 is 2.62 bits per heavy atom. The maximum atomic E-state index is 12.6. The Morgan fingerprint density at radius 2 is 1.94 bits per heavy atom. The zero-order valence-corrected chi connectivity index (χ0v) is 19.1. The van der Waals surface area contributed by atoms with Crippen LogP contribution in [0.25, 0.3) is 0 Å². The van der Waals surface area contributed by atoms with Crippen molar-refractivity contribution in [1.29, 1.82) is 0 Å². The van der Waals surface area contributed by atoms with Crippen LogP contribution in [-0.2, 0) is 29.1 Å². The van der Waals surface area contributed by atoms with Crippen molar-refractivity contribution in [2.45, 2.75) is 29.2 Å². The molecule has 2 aromatic rings. The fraction of sp³-hybridized carbons (Fsp3) is 0.286. The molecule has 32 heavy (non-hydrogen) atoms. The second kappa shape index (κ2) is 9.72. The molecule has 1 aliphatic rings. The average Bonchev–Trinajstić information content (AvgIpc) is 3.15. The highest BCUT2D eigenvalue weighted by atomic mass is 32.2. The summed E-state index contributed by atoms with van der Waals surface area (Å²) >= 11 is 1.55. The molecule has 2 aromatic carbocycles. The predicted octanol–water partition coefficient (Wildman–Crippen LogP) is 1.98. The van der Waals surface area contributed by atoms with Gasteiger partial charge in [-0.25, -0.2) is 13.6 Å². The Bertz CT molecular complexity index is 1150. The third-order valence-electron chi connectivity index (χ3n) is 4.92. The third-order valence-corrected chi connectivity index (χ3v) is 6.55. The van der Waals surface area contributed by atoms with Crippen LogP contribution in [-0.4, -0.2) is 45.1 Å².